The van der Waals surface area contributed by atoms with E-state index in [0.29, 0.717) is 16.9 Å². The predicted octanol–water partition coefficient (Wildman–Crippen LogP) is 18.3. The van der Waals surface area contributed by atoms with Crippen LogP contribution >= 0.6 is 22.7 Å². The average Bonchev–Trinajstić information content (AvgIpc) is 4.08. The van der Waals surface area contributed by atoms with Gasteiger partial charge in [0.05, 0.1) is 38.3 Å². The van der Waals surface area contributed by atoms with Gasteiger partial charge in [0.2, 0.25) is 5.69 Å². The molecule has 0 aliphatic carbocycles. The number of nitriles is 1. The van der Waals surface area contributed by atoms with Crippen LogP contribution in [0.25, 0.3) is 128 Å². The topological polar surface area (TPSA) is 33.1 Å². The highest BCUT2D eigenvalue weighted by Gasteiger charge is 2.32. The van der Waals surface area contributed by atoms with Crippen molar-refractivity contribution < 1.29 is 0 Å². The molecule has 10 aromatic carbocycles. The maximum Gasteiger partial charge on any atom is 0.205 e. The quantitative estimate of drug-likeness (QED) is 0.153. The third kappa shape index (κ3) is 6.00. The summed E-state index contributed by atoms with van der Waals surface area (Å²) in [6.07, 6.45) is 0. The summed E-state index contributed by atoms with van der Waals surface area (Å²) < 4.78 is 7.08. The Morgan fingerprint density at radius 3 is 1.25 bits per heavy atom. The summed E-state index contributed by atoms with van der Waals surface area (Å²) in [6, 6.07) is 77.2. The van der Waals surface area contributed by atoms with E-state index in [-0.39, 0.29) is 0 Å². The fourth-order valence-electron chi connectivity index (χ4n) is 10.4. The first kappa shape index (κ1) is 38.8. The smallest absolute Gasteiger partial charge is 0.205 e. The van der Waals surface area contributed by atoms with Crippen LogP contribution in [0.15, 0.2) is 212 Å². The molecule has 13 aromatic rings. The number of rotatable bonds is 6. The number of benzene rings is 10. The largest absolute Gasteiger partial charge is 0.306 e. The van der Waals surface area contributed by atoms with Gasteiger partial charge in [-0.2, -0.15) is 5.26 Å². The molecule has 310 valence electrons. The van der Waals surface area contributed by atoms with Crippen LogP contribution in [0, 0.1) is 17.9 Å². The second kappa shape index (κ2) is 15.5. The van der Waals surface area contributed by atoms with Crippen molar-refractivity contribution in [1.82, 2.24) is 4.57 Å². The number of hydrogen-bond acceptors (Lipinski definition) is 3. The van der Waals surface area contributed by atoms with Crippen molar-refractivity contribution in [3.8, 4) is 67.4 Å². The van der Waals surface area contributed by atoms with Crippen LogP contribution < -0.4 is 0 Å². The van der Waals surface area contributed by atoms with Gasteiger partial charge in [0.1, 0.15) is 6.07 Å². The zero-order chi connectivity index (χ0) is 44.6. The molecule has 0 aliphatic rings. The Hall–Kier alpha value is -8.58. The maximum atomic E-state index is 12.2. The summed E-state index contributed by atoms with van der Waals surface area (Å²) in [5, 5.41) is 19.1. The van der Waals surface area contributed by atoms with E-state index in [4.69, 9.17) is 0 Å². The highest BCUT2D eigenvalue weighted by atomic mass is 32.1. The molecule has 0 unspecified atom stereocenters. The van der Waals surface area contributed by atoms with E-state index >= 15 is 0 Å². The molecular formula is C62H35N3S2. The normalized spacial score (nSPS) is 11.6. The van der Waals surface area contributed by atoms with Gasteiger partial charge < -0.3 is 4.57 Å². The first-order valence-electron chi connectivity index (χ1n) is 22.3. The van der Waals surface area contributed by atoms with Crippen LogP contribution in [0.3, 0.4) is 0 Å². The Kier molecular flexibility index (Phi) is 9.01. The molecule has 0 N–H and O–H groups in total. The number of aromatic nitrogens is 1. The fraction of sp³-hybridized carbons (Fsp3) is 0. The fourth-order valence-corrected chi connectivity index (χ4v) is 12.8. The number of thiophene rings is 2. The molecule has 13 rings (SSSR count). The van der Waals surface area contributed by atoms with Crippen molar-refractivity contribution in [2.24, 2.45) is 0 Å². The van der Waals surface area contributed by atoms with E-state index in [2.05, 4.69) is 179 Å². The summed E-state index contributed by atoms with van der Waals surface area (Å²) in [4.78, 5) is 4.65. The van der Waals surface area contributed by atoms with E-state index in [1.165, 1.54) is 30.9 Å². The van der Waals surface area contributed by atoms with Gasteiger partial charge in [-0.15, -0.1) is 22.7 Å². The standard InChI is InChI=1S/C62H35N3S2/c1-64-57-55(44-35-42(38-18-6-2-7-19-38)34-43(36-44)39-20-8-3-9-21-39)54(40-22-10-4-11-23-40)51(37-63)58(56(57)41-24-12-5-13-25-41)65-59-47(30-32-49-45-26-14-16-28-52(45)66-61(49)59)48-31-33-50-46-27-15-17-29-53(46)67-62(50)60(48)65/h2-36H. The zero-order valence-corrected chi connectivity index (χ0v) is 37.5. The second-order valence-electron chi connectivity index (χ2n) is 16.9. The minimum Gasteiger partial charge on any atom is -0.306 e. The van der Waals surface area contributed by atoms with Gasteiger partial charge >= 0.3 is 0 Å². The van der Waals surface area contributed by atoms with Crippen LogP contribution in [0.1, 0.15) is 5.56 Å². The van der Waals surface area contributed by atoms with Crippen molar-refractivity contribution in [1.29, 1.82) is 5.26 Å². The molecule has 3 aromatic heterocycles. The van der Waals surface area contributed by atoms with Crippen molar-refractivity contribution >= 4 is 90.5 Å². The Balaban J connectivity index is 1.28. The highest BCUT2D eigenvalue weighted by molar-refractivity contribution is 7.27. The molecule has 5 heteroatoms. The lowest BCUT2D eigenvalue weighted by Crippen LogP contribution is -2.05. The van der Waals surface area contributed by atoms with Gasteiger partial charge in [-0.1, -0.05) is 182 Å². The number of fused-ring (bicyclic) bond motifs is 11. The number of nitrogens with zero attached hydrogens (tertiary/aromatic N) is 3. The first-order valence-corrected chi connectivity index (χ1v) is 23.9. The van der Waals surface area contributed by atoms with E-state index in [1.807, 2.05) is 48.5 Å². The average molecular weight is 886 g/mol. The minimum atomic E-state index is 0.491. The van der Waals surface area contributed by atoms with Gasteiger partial charge in [0.25, 0.3) is 0 Å². The molecule has 0 spiro atoms. The molecule has 0 saturated carbocycles. The van der Waals surface area contributed by atoms with Crippen molar-refractivity contribution in [2.45, 2.75) is 0 Å². The lowest BCUT2D eigenvalue weighted by molar-refractivity contribution is 1.19. The van der Waals surface area contributed by atoms with Gasteiger partial charge in [0.15, 0.2) is 0 Å². The monoisotopic (exact) mass is 885 g/mol. The number of hydrogen-bond donors (Lipinski definition) is 0. The molecule has 0 atom stereocenters. The lowest BCUT2D eigenvalue weighted by atomic mass is 9.82. The van der Waals surface area contributed by atoms with Gasteiger partial charge in [-0.25, -0.2) is 4.85 Å². The van der Waals surface area contributed by atoms with Crippen LogP contribution in [0.5, 0.6) is 0 Å². The third-order valence-corrected chi connectivity index (χ3v) is 15.6. The molecule has 0 bridgehead atoms. The lowest BCUT2D eigenvalue weighted by Gasteiger charge is -2.25. The molecule has 0 aliphatic heterocycles. The molecule has 0 amide bonds. The Labute approximate surface area is 394 Å². The molecular weight excluding hydrogens is 851 g/mol. The Morgan fingerprint density at radius 1 is 0.388 bits per heavy atom. The maximum absolute atomic E-state index is 12.2. The van der Waals surface area contributed by atoms with Crippen molar-refractivity contribution in [3.63, 3.8) is 0 Å². The SMILES string of the molecule is [C-]#[N+]c1c(-c2cc(-c3ccccc3)cc(-c3ccccc3)c2)c(-c2ccccc2)c(C#N)c(-n2c3c(ccc4c5ccccc5sc43)c3ccc4c5ccccc5sc4c32)c1-c1ccccc1. The summed E-state index contributed by atoms with van der Waals surface area (Å²) in [5.74, 6) is 0. The van der Waals surface area contributed by atoms with Crippen molar-refractivity contribution in [2.75, 3.05) is 0 Å². The molecule has 0 fully saturated rings. The summed E-state index contributed by atoms with van der Waals surface area (Å²) in [7, 11) is 0. The molecule has 3 heterocycles. The molecule has 0 saturated heterocycles. The molecule has 67 heavy (non-hydrogen) atoms. The Morgan fingerprint density at radius 2 is 0.791 bits per heavy atom. The first-order chi connectivity index (χ1) is 33.2. The van der Waals surface area contributed by atoms with E-state index in [1.54, 1.807) is 22.7 Å². The highest BCUT2D eigenvalue weighted by Crippen LogP contribution is 2.55. The van der Waals surface area contributed by atoms with Gasteiger partial charge in [-0.05, 0) is 80.4 Å². The van der Waals surface area contributed by atoms with Gasteiger partial charge in [0, 0.05) is 47.3 Å². The second-order valence-corrected chi connectivity index (χ2v) is 19.0. The predicted molar refractivity (Wildman–Crippen MR) is 285 cm³/mol. The van der Waals surface area contributed by atoms with Crippen molar-refractivity contribution in [3.05, 3.63) is 229 Å². The molecule has 3 nitrogen and oxygen atoms in total. The van der Waals surface area contributed by atoms with Crippen LogP contribution in [0.2, 0.25) is 0 Å². The van der Waals surface area contributed by atoms with E-state index in [9.17, 15) is 11.8 Å². The minimum absolute atomic E-state index is 0.491. The van der Waals surface area contributed by atoms with E-state index in [0.717, 1.165) is 86.8 Å². The van der Waals surface area contributed by atoms with Crippen LogP contribution in [0.4, 0.5) is 5.69 Å². The zero-order valence-electron chi connectivity index (χ0n) is 35.9. The van der Waals surface area contributed by atoms with Crippen LogP contribution in [-0.4, -0.2) is 4.57 Å². The van der Waals surface area contributed by atoms with Crippen LogP contribution in [-0.2, 0) is 0 Å². The summed E-state index contributed by atoms with van der Waals surface area (Å²) >= 11 is 3.58. The Bertz CT molecular complexity index is 4020. The summed E-state index contributed by atoms with van der Waals surface area (Å²) in [5.41, 5.74) is 12.7. The third-order valence-electron chi connectivity index (χ3n) is 13.2. The van der Waals surface area contributed by atoms with E-state index < -0.39 is 0 Å². The molecule has 0 radical (unpaired) electrons. The summed E-state index contributed by atoms with van der Waals surface area (Å²) in [6.45, 7) is 9.44. The van der Waals surface area contributed by atoms with Gasteiger partial charge in [-0.3, -0.25) is 0 Å².